The summed E-state index contributed by atoms with van der Waals surface area (Å²) in [5, 5.41) is 9.48. The molecule has 0 aliphatic heterocycles. The molecule has 0 N–H and O–H groups in total. The number of hydrogen-bond donors (Lipinski definition) is 0. The van der Waals surface area contributed by atoms with Crippen molar-refractivity contribution in [1.82, 2.24) is 0 Å². The minimum Gasteiger partial charge on any atom is -0.465 e. The zero-order valence-electron chi connectivity index (χ0n) is 13.1. The molecule has 0 saturated carbocycles. The van der Waals surface area contributed by atoms with Crippen molar-refractivity contribution in [3.63, 3.8) is 0 Å². The lowest BCUT2D eigenvalue weighted by molar-refractivity contribution is -0.146. The number of hydrogen-bond acceptors (Lipinski definition) is 5. The number of ether oxygens (including phenoxy) is 2. The average Bonchev–Trinajstić information content (AvgIpc) is 2.54. The van der Waals surface area contributed by atoms with Crippen molar-refractivity contribution in [2.45, 2.75) is 32.6 Å². The summed E-state index contributed by atoms with van der Waals surface area (Å²) in [7, 11) is 0. The summed E-state index contributed by atoms with van der Waals surface area (Å²) < 4.78 is 9.97. The third kappa shape index (κ3) is 7.16. The molecule has 1 unspecified atom stereocenters. The Bertz CT molecular complexity index is 551. The van der Waals surface area contributed by atoms with Gasteiger partial charge in [0.1, 0.15) is 5.92 Å². The normalized spacial score (nSPS) is 11.3. The lowest BCUT2D eigenvalue weighted by Crippen LogP contribution is -2.16. The van der Waals surface area contributed by atoms with Crippen LogP contribution in [0.1, 0.15) is 43.0 Å². The molecular weight excluding hydrogens is 318 g/mol. The van der Waals surface area contributed by atoms with Crippen molar-refractivity contribution in [2.24, 2.45) is 5.92 Å². The standard InChI is InChI=1S/C17H20ClNO4/c1-2-22-17(21)14(12-19)6-4-3-5-11-23-16(20)13-7-9-15(18)10-8-13/h7-10,14H,2-6,11H2,1H3. The zero-order chi connectivity index (χ0) is 17.1. The second-order valence-electron chi connectivity index (χ2n) is 4.93. The summed E-state index contributed by atoms with van der Waals surface area (Å²) in [5.74, 6) is -1.57. The first-order valence-electron chi connectivity index (χ1n) is 7.57. The Hall–Kier alpha value is -2.06. The molecule has 6 heteroatoms. The van der Waals surface area contributed by atoms with Crippen LogP contribution in [0.15, 0.2) is 24.3 Å². The molecule has 0 aliphatic carbocycles. The maximum atomic E-state index is 11.7. The Morgan fingerprint density at radius 2 is 1.87 bits per heavy atom. The minimum absolute atomic E-state index is 0.275. The van der Waals surface area contributed by atoms with E-state index in [1.54, 1.807) is 31.2 Å². The molecule has 0 fully saturated rings. The van der Waals surface area contributed by atoms with Crippen molar-refractivity contribution < 1.29 is 19.1 Å². The highest BCUT2D eigenvalue weighted by molar-refractivity contribution is 6.30. The van der Waals surface area contributed by atoms with Gasteiger partial charge in [-0.15, -0.1) is 0 Å². The molecule has 0 aliphatic rings. The van der Waals surface area contributed by atoms with Gasteiger partial charge in [0.25, 0.3) is 0 Å². The molecule has 0 radical (unpaired) electrons. The number of nitriles is 1. The molecule has 124 valence electrons. The molecule has 0 amide bonds. The molecule has 1 atom stereocenters. The van der Waals surface area contributed by atoms with Crippen LogP contribution in [-0.2, 0) is 14.3 Å². The second kappa shape index (κ2) is 10.6. The van der Waals surface area contributed by atoms with Crippen molar-refractivity contribution in [1.29, 1.82) is 5.26 Å². The molecule has 0 heterocycles. The van der Waals surface area contributed by atoms with Crippen LogP contribution in [0.3, 0.4) is 0 Å². The van der Waals surface area contributed by atoms with E-state index < -0.39 is 11.9 Å². The summed E-state index contributed by atoms with van der Waals surface area (Å²) in [5.41, 5.74) is 0.459. The highest BCUT2D eigenvalue weighted by Crippen LogP contribution is 2.13. The smallest absolute Gasteiger partial charge is 0.338 e. The Labute approximate surface area is 141 Å². The summed E-state index contributed by atoms with van der Waals surface area (Å²) in [4.78, 5) is 23.2. The van der Waals surface area contributed by atoms with E-state index in [0.29, 0.717) is 36.5 Å². The molecule has 0 saturated heterocycles. The third-order valence-corrected chi connectivity index (χ3v) is 3.43. The maximum absolute atomic E-state index is 11.7. The quantitative estimate of drug-likeness (QED) is 0.506. The fourth-order valence-electron chi connectivity index (χ4n) is 1.94. The summed E-state index contributed by atoms with van der Waals surface area (Å²) in [6.45, 7) is 2.29. The van der Waals surface area contributed by atoms with Gasteiger partial charge in [-0.2, -0.15) is 5.26 Å². The lowest BCUT2D eigenvalue weighted by Gasteiger charge is -2.08. The van der Waals surface area contributed by atoms with Crippen molar-refractivity contribution in [2.75, 3.05) is 13.2 Å². The van der Waals surface area contributed by atoms with E-state index in [2.05, 4.69) is 0 Å². The van der Waals surface area contributed by atoms with Gasteiger partial charge in [-0.25, -0.2) is 4.79 Å². The van der Waals surface area contributed by atoms with Crippen LogP contribution in [0.4, 0.5) is 0 Å². The summed E-state index contributed by atoms with van der Waals surface area (Å²) in [6.07, 6.45) is 2.61. The van der Waals surface area contributed by atoms with Crippen LogP contribution in [-0.4, -0.2) is 25.2 Å². The number of benzene rings is 1. The van der Waals surface area contributed by atoms with E-state index >= 15 is 0 Å². The highest BCUT2D eigenvalue weighted by Gasteiger charge is 2.18. The molecule has 1 rings (SSSR count). The van der Waals surface area contributed by atoms with Crippen LogP contribution in [0.25, 0.3) is 0 Å². The van der Waals surface area contributed by atoms with Gasteiger partial charge in [0, 0.05) is 5.02 Å². The second-order valence-corrected chi connectivity index (χ2v) is 5.36. The monoisotopic (exact) mass is 337 g/mol. The number of unbranched alkanes of at least 4 members (excludes halogenated alkanes) is 2. The van der Waals surface area contributed by atoms with Crippen LogP contribution >= 0.6 is 11.6 Å². The first-order chi connectivity index (χ1) is 11.1. The van der Waals surface area contributed by atoms with Crippen molar-refractivity contribution in [3.8, 4) is 6.07 Å². The minimum atomic E-state index is -0.716. The average molecular weight is 338 g/mol. The number of rotatable bonds is 9. The fraction of sp³-hybridized carbons (Fsp3) is 0.471. The van der Waals surface area contributed by atoms with Gasteiger partial charge in [-0.3, -0.25) is 4.79 Å². The van der Waals surface area contributed by atoms with Gasteiger partial charge in [0.2, 0.25) is 0 Å². The molecule has 0 bridgehead atoms. The first-order valence-corrected chi connectivity index (χ1v) is 7.95. The van der Waals surface area contributed by atoms with Crippen LogP contribution < -0.4 is 0 Å². The van der Waals surface area contributed by atoms with Gasteiger partial charge < -0.3 is 9.47 Å². The van der Waals surface area contributed by atoms with Gasteiger partial charge in [-0.1, -0.05) is 24.4 Å². The largest absolute Gasteiger partial charge is 0.465 e. The maximum Gasteiger partial charge on any atom is 0.338 e. The fourth-order valence-corrected chi connectivity index (χ4v) is 2.07. The van der Waals surface area contributed by atoms with Crippen molar-refractivity contribution in [3.05, 3.63) is 34.9 Å². The molecule has 0 spiro atoms. The predicted octanol–water partition coefficient (Wildman–Crippen LogP) is 3.76. The van der Waals surface area contributed by atoms with E-state index in [1.807, 2.05) is 6.07 Å². The van der Waals surface area contributed by atoms with Gasteiger partial charge in [-0.05, 0) is 44.0 Å². The Morgan fingerprint density at radius 1 is 1.17 bits per heavy atom. The number of carbonyl (C=O) groups excluding carboxylic acids is 2. The molecule has 1 aromatic rings. The first kappa shape index (κ1) is 19.0. The molecule has 0 aromatic heterocycles. The molecule has 1 aromatic carbocycles. The predicted molar refractivity (Wildman–Crippen MR) is 85.9 cm³/mol. The van der Waals surface area contributed by atoms with E-state index in [4.69, 9.17) is 26.3 Å². The summed E-state index contributed by atoms with van der Waals surface area (Å²) in [6, 6.07) is 8.45. The Morgan fingerprint density at radius 3 is 2.48 bits per heavy atom. The molecule has 5 nitrogen and oxygen atoms in total. The third-order valence-electron chi connectivity index (χ3n) is 3.18. The lowest BCUT2D eigenvalue weighted by atomic mass is 10.0. The van der Waals surface area contributed by atoms with Gasteiger partial charge in [0.15, 0.2) is 0 Å². The number of esters is 2. The Kier molecular flexibility index (Phi) is 8.78. The van der Waals surface area contributed by atoms with Crippen LogP contribution in [0.5, 0.6) is 0 Å². The molecular formula is C17H20ClNO4. The van der Waals surface area contributed by atoms with Gasteiger partial charge >= 0.3 is 11.9 Å². The van der Waals surface area contributed by atoms with E-state index in [-0.39, 0.29) is 12.6 Å². The highest BCUT2D eigenvalue weighted by atomic mass is 35.5. The van der Waals surface area contributed by atoms with Gasteiger partial charge in [0.05, 0.1) is 24.8 Å². The summed E-state index contributed by atoms with van der Waals surface area (Å²) >= 11 is 5.75. The number of nitrogens with zero attached hydrogens (tertiary/aromatic N) is 1. The number of carbonyl (C=O) groups is 2. The van der Waals surface area contributed by atoms with Crippen LogP contribution in [0, 0.1) is 17.2 Å². The molecule has 23 heavy (non-hydrogen) atoms. The zero-order valence-corrected chi connectivity index (χ0v) is 13.8. The SMILES string of the molecule is CCOC(=O)C(C#N)CCCCCOC(=O)c1ccc(Cl)cc1. The Balaban J connectivity index is 2.18. The van der Waals surface area contributed by atoms with E-state index in [9.17, 15) is 9.59 Å². The topological polar surface area (TPSA) is 76.4 Å². The van der Waals surface area contributed by atoms with Crippen molar-refractivity contribution >= 4 is 23.5 Å². The van der Waals surface area contributed by atoms with E-state index in [1.165, 1.54) is 0 Å². The van der Waals surface area contributed by atoms with E-state index in [0.717, 1.165) is 6.42 Å². The number of halogens is 1. The van der Waals surface area contributed by atoms with Crippen LogP contribution in [0.2, 0.25) is 5.02 Å².